The first-order valence-electron chi connectivity index (χ1n) is 3.95. The number of ether oxygens (including phenoxy) is 2. The van der Waals surface area contributed by atoms with Crippen molar-refractivity contribution in [2.24, 2.45) is 0 Å². The van der Waals surface area contributed by atoms with E-state index in [1.165, 1.54) is 7.11 Å². The van der Waals surface area contributed by atoms with E-state index in [0.29, 0.717) is 0 Å². The summed E-state index contributed by atoms with van der Waals surface area (Å²) in [7, 11) is 1.41. The first kappa shape index (κ1) is 11.2. The first-order valence-corrected chi connectivity index (χ1v) is 4.46. The second kappa shape index (κ2) is 4.59. The molecule has 1 heterocycles. The molecule has 0 bridgehead atoms. The summed E-state index contributed by atoms with van der Waals surface area (Å²) in [5.74, 6) is 0. The average Bonchev–Trinajstić information content (AvgIpc) is 2.15. The molecule has 0 unspecified atom stereocenters. The number of thiol groups is 1. The van der Waals surface area contributed by atoms with E-state index >= 15 is 0 Å². The summed E-state index contributed by atoms with van der Waals surface area (Å²) in [5, 5.41) is 27.0. The van der Waals surface area contributed by atoms with E-state index in [1.807, 2.05) is 0 Å². The number of rotatable bonds is 2. The monoisotopic (exact) mass is 210 g/mol. The SMILES string of the molecule is CO[C@@H]1O[C@H](CO)[C@@H](O)[C@H](O)[C@@H]1S. The molecule has 78 valence electrons. The Bertz CT molecular complexity index is 147. The van der Waals surface area contributed by atoms with E-state index in [9.17, 15) is 10.2 Å². The van der Waals surface area contributed by atoms with E-state index < -0.39 is 29.9 Å². The number of hydrogen-bond acceptors (Lipinski definition) is 6. The summed E-state index contributed by atoms with van der Waals surface area (Å²) in [6.45, 7) is -0.363. The van der Waals surface area contributed by atoms with Crippen molar-refractivity contribution in [3.05, 3.63) is 0 Å². The van der Waals surface area contributed by atoms with Gasteiger partial charge in [-0.2, -0.15) is 12.6 Å². The Morgan fingerprint density at radius 2 is 2.00 bits per heavy atom. The van der Waals surface area contributed by atoms with E-state index in [0.717, 1.165) is 0 Å². The highest BCUT2D eigenvalue weighted by Gasteiger charge is 2.42. The van der Waals surface area contributed by atoms with Crippen LogP contribution in [-0.4, -0.2) is 58.9 Å². The molecular formula is C7H14O5S. The number of aliphatic hydroxyl groups excluding tert-OH is 3. The van der Waals surface area contributed by atoms with Crippen molar-refractivity contribution in [3.8, 4) is 0 Å². The lowest BCUT2D eigenvalue weighted by molar-refractivity contribution is -0.244. The van der Waals surface area contributed by atoms with Crippen LogP contribution in [0, 0.1) is 0 Å². The molecule has 0 radical (unpaired) electrons. The van der Waals surface area contributed by atoms with Crippen LogP contribution in [0.2, 0.25) is 0 Å². The zero-order valence-corrected chi connectivity index (χ0v) is 8.09. The molecule has 1 saturated heterocycles. The second-order valence-electron chi connectivity index (χ2n) is 2.93. The van der Waals surface area contributed by atoms with Crippen LogP contribution in [0.15, 0.2) is 0 Å². The summed E-state index contributed by atoms with van der Waals surface area (Å²) in [6, 6.07) is 0. The van der Waals surface area contributed by atoms with Crippen molar-refractivity contribution < 1.29 is 24.8 Å². The minimum Gasteiger partial charge on any atom is -0.394 e. The van der Waals surface area contributed by atoms with E-state index in [2.05, 4.69) is 12.6 Å². The van der Waals surface area contributed by atoms with E-state index in [-0.39, 0.29) is 6.61 Å². The van der Waals surface area contributed by atoms with Crippen LogP contribution in [0.3, 0.4) is 0 Å². The first-order chi connectivity index (χ1) is 6.11. The molecule has 0 aliphatic carbocycles. The highest BCUT2D eigenvalue weighted by atomic mass is 32.1. The van der Waals surface area contributed by atoms with Gasteiger partial charge < -0.3 is 24.8 Å². The Morgan fingerprint density at radius 1 is 1.38 bits per heavy atom. The quantitative estimate of drug-likeness (QED) is 0.412. The third kappa shape index (κ3) is 2.15. The van der Waals surface area contributed by atoms with Crippen LogP contribution >= 0.6 is 12.6 Å². The maximum atomic E-state index is 9.45. The lowest BCUT2D eigenvalue weighted by Gasteiger charge is -2.39. The summed E-state index contributed by atoms with van der Waals surface area (Å²) in [5.41, 5.74) is 0. The highest BCUT2D eigenvalue weighted by molar-refractivity contribution is 7.81. The Kier molecular flexibility index (Phi) is 3.96. The molecule has 5 nitrogen and oxygen atoms in total. The lowest BCUT2D eigenvalue weighted by atomic mass is 10.0. The number of methoxy groups -OCH3 is 1. The van der Waals surface area contributed by atoms with Crippen molar-refractivity contribution in [2.45, 2.75) is 29.9 Å². The number of hydrogen-bond donors (Lipinski definition) is 4. The molecule has 1 aliphatic heterocycles. The molecule has 1 fully saturated rings. The van der Waals surface area contributed by atoms with Gasteiger partial charge in [0.25, 0.3) is 0 Å². The molecule has 1 rings (SSSR count). The molecule has 6 heteroatoms. The molecule has 0 saturated carbocycles. The Balaban J connectivity index is 2.66. The Labute approximate surface area is 81.7 Å². The van der Waals surface area contributed by atoms with E-state index in [1.54, 1.807) is 0 Å². The summed E-state index contributed by atoms with van der Waals surface area (Å²) < 4.78 is 9.99. The maximum Gasteiger partial charge on any atom is 0.171 e. The highest BCUT2D eigenvalue weighted by Crippen LogP contribution is 2.24. The third-order valence-corrected chi connectivity index (χ3v) is 2.63. The molecule has 0 aromatic carbocycles. The zero-order valence-electron chi connectivity index (χ0n) is 7.20. The van der Waals surface area contributed by atoms with Gasteiger partial charge in [0.1, 0.15) is 12.2 Å². The van der Waals surface area contributed by atoms with Crippen molar-refractivity contribution in [3.63, 3.8) is 0 Å². The smallest absolute Gasteiger partial charge is 0.171 e. The van der Waals surface area contributed by atoms with Crippen LogP contribution in [0.1, 0.15) is 0 Å². The van der Waals surface area contributed by atoms with Gasteiger partial charge in [-0.25, -0.2) is 0 Å². The molecule has 13 heavy (non-hydrogen) atoms. The minimum absolute atomic E-state index is 0.363. The molecule has 0 amide bonds. The lowest BCUT2D eigenvalue weighted by Crippen LogP contribution is -2.57. The molecule has 5 atom stereocenters. The van der Waals surface area contributed by atoms with Crippen LogP contribution in [0.4, 0.5) is 0 Å². The van der Waals surface area contributed by atoms with Gasteiger partial charge in [-0.3, -0.25) is 0 Å². The predicted molar refractivity (Wildman–Crippen MR) is 47.5 cm³/mol. The molecule has 3 N–H and O–H groups in total. The van der Waals surface area contributed by atoms with Gasteiger partial charge in [-0.15, -0.1) is 0 Å². The standard InChI is InChI=1S/C7H14O5S/c1-11-7-6(13)5(10)4(9)3(2-8)12-7/h3-10,13H,2H2,1H3/t3-,4-,5+,6+,7-/m1/s1. The van der Waals surface area contributed by atoms with E-state index in [4.69, 9.17) is 14.6 Å². The maximum absolute atomic E-state index is 9.45. The summed E-state index contributed by atoms with van der Waals surface area (Å²) in [4.78, 5) is 0. The Hall–Kier alpha value is 0.150. The molecule has 0 aromatic rings. The largest absolute Gasteiger partial charge is 0.394 e. The van der Waals surface area contributed by atoms with Gasteiger partial charge in [0.15, 0.2) is 6.29 Å². The molecular weight excluding hydrogens is 196 g/mol. The fourth-order valence-electron chi connectivity index (χ4n) is 1.26. The topological polar surface area (TPSA) is 79.2 Å². The number of aliphatic hydroxyl groups is 3. The molecule has 0 spiro atoms. The predicted octanol–water partition coefficient (Wildman–Crippen LogP) is -1.63. The van der Waals surface area contributed by atoms with Gasteiger partial charge in [-0.1, -0.05) is 0 Å². The normalized spacial score (nSPS) is 46.4. The van der Waals surface area contributed by atoms with Crippen molar-refractivity contribution in [1.82, 2.24) is 0 Å². The van der Waals surface area contributed by atoms with Gasteiger partial charge in [0.05, 0.1) is 18.0 Å². The summed E-state index contributed by atoms with van der Waals surface area (Å²) >= 11 is 4.03. The van der Waals surface area contributed by atoms with Gasteiger partial charge in [0, 0.05) is 7.11 Å². The van der Waals surface area contributed by atoms with Crippen LogP contribution in [0.25, 0.3) is 0 Å². The summed E-state index contributed by atoms with van der Waals surface area (Å²) in [6.07, 6.45) is -3.71. The average molecular weight is 210 g/mol. The third-order valence-electron chi connectivity index (χ3n) is 2.08. The van der Waals surface area contributed by atoms with Gasteiger partial charge in [0.2, 0.25) is 0 Å². The van der Waals surface area contributed by atoms with Crippen LogP contribution in [0.5, 0.6) is 0 Å². The minimum atomic E-state index is -1.13. The Morgan fingerprint density at radius 3 is 2.46 bits per heavy atom. The van der Waals surface area contributed by atoms with Crippen molar-refractivity contribution in [1.29, 1.82) is 0 Å². The van der Waals surface area contributed by atoms with Crippen LogP contribution in [-0.2, 0) is 9.47 Å². The molecule has 0 aromatic heterocycles. The zero-order chi connectivity index (χ0) is 10.0. The van der Waals surface area contributed by atoms with Crippen molar-refractivity contribution in [2.75, 3.05) is 13.7 Å². The second-order valence-corrected chi connectivity index (χ2v) is 3.53. The molecule has 1 aliphatic rings. The fourth-order valence-corrected chi connectivity index (χ4v) is 1.63. The van der Waals surface area contributed by atoms with Crippen LogP contribution < -0.4 is 0 Å². The van der Waals surface area contributed by atoms with Crippen molar-refractivity contribution >= 4 is 12.6 Å². The van der Waals surface area contributed by atoms with Gasteiger partial charge in [-0.05, 0) is 0 Å². The fraction of sp³-hybridized carbons (Fsp3) is 1.00. The van der Waals surface area contributed by atoms with Gasteiger partial charge >= 0.3 is 0 Å².